The molecule has 1 unspecified atom stereocenters. The summed E-state index contributed by atoms with van der Waals surface area (Å²) < 4.78 is 5.48. The predicted molar refractivity (Wildman–Crippen MR) is 100 cm³/mol. The third kappa shape index (κ3) is 3.12. The fourth-order valence-electron chi connectivity index (χ4n) is 3.53. The summed E-state index contributed by atoms with van der Waals surface area (Å²) in [5.41, 5.74) is 5.31. The van der Waals surface area contributed by atoms with Crippen LogP contribution in [-0.2, 0) is 4.79 Å². The van der Waals surface area contributed by atoms with Crippen molar-refractivity contribution < 1.29 is 9.32 Å². The Morgan fingerprint density at radius 1 is 1.04 bits per heavy atom. The van der Waals surface area contributed by atoms with Crippen molar-refractivity contribution >= 4 is 11.6 Å². The highest BCUT2D eigenvalue weighted by atomic mass is 16.5. The molecule has 5 nitrogen and oxygen atoms in total. The molecule has 0 N–H and O–H groups in total. The van der Waals surface area contributed by atoms with E-state index < -0.39 is 0 Å². The molecular weight excluding hydrogens is 326 g/mol. The van der Waals surface area contributed by atoms with E-state index in [1.54, 1.807) is 0 Å². The quantitative estimate of drug-likeness (QED) is 0.713. The van der Waals surface area contributed by atoms with Crippen LogP contribution in [0.5, 0.6) is 0 Å². The van der Waals surface area contributed by atoms with E-state index in [2.05, 4.69) is 16.2 Å². The van der Waals surface area contributed by atoms with E-state index in [4.69, 9.17) is 4.52 Å². The van der Waals surface area contributed by atoms with Gasteiger partial charge in [-0.3, -0.25) is 4.79 Å². The van der Waals surface area contributed by atoms with E-state index in [1.807, 2.05) is 62.1 Å². The maximum Gasteiger partial charge on any atom is 0.232 e. The van der Waals surface area contributed by atoms with Crippen LogP contribution in [-0.4, -0.2) is 22.6 Å². The van der Waals surface area contributed by atoms with Crippen molar-refractivity contribution in [1.29, 1.82) is 0 Å². The highest BCUT2D eigenvalue weighted by Crippen LogP contribution is 2.32. The number of benzene rings is 2. The van der Waals surface area contributed by atoms with E-state index in [9.17, 15) is 4.79 Å². The van der Waals surface area contributed by atoms with E-state index in [0.717, 1.165) is 27.9 Å². The molecule has 0 spiro atoms. The van der Waals surface area contributed by atoms with Gasteiger partial charge in [0.25, 0.3) is 0 Å². The van der Waals surface area contributed by atoms with Crippen molar-refractivity contribution in [2.45, 2.75) is 33.1 Å². The molecule has 2 aromatic carbocycles. The van der Waals surface area contributed by atoms with Crippen molar-refractivity contribution in [2.75, 3.05) is 11.4 Å². The molecule has 0 aliphatic carbocycles. The molecular formula is C21H21N3O2. The number of amides is 1. The third-order valence-electron chi connectivity index (χ3n) is 4.71. The normalized spacial score (nSPS) is 17.1. The lowest BCUT2D eigenvalue weighted by atomic mass is 10.1. The SMILES string of the molecule is Cc1cccc(-c2noc(C3CC(=O)N(c4cc(C)cc(C)c4)C3)n2)c1. The number of aryl methyl sites for hydroxylation is 3. The first-order chi connectivity index (χ1) is 12.5. The fourth-order valence-corrected chi connectivity index (χ4v) is 3.53. The average molecular weight is 347 g/mol. The topological polar surface area (TPSA) is 59.2 Å². The zero-order chi connectivity index (χ0) is 18.3. The van der Waals surface area contributed by atoms with Gasteiger partial charge in [0.05, 0.1) is 5.92 Å². The minimum absolute atomic E-state index is 0.0747. The number of nitrogens with zero attached hydrogens (tertiary/aromatic N) is 3. The standard InChI is InChI=1S/C21H21N3O2/c1-13-5-4-6-16(8-13)20-22-21(26-23-20)17-11-19(25)24(12-17)18-9-14(2)7-15(3)10-18/h4-10,17H,11-12H2,1-3H3. The fraction of sp³-hybridized carbons (Fsp3) is 0.286. The lowest BCUT2D eigenvalue weighted by Gasteiger charge is -2.17. The Balaban J connectivity index is 1.58. The first-order valence-electron chi connectivity index (χ1n) is 8.79. The summed E-state index contributed by atoms with van der Waals surface area (Å²) in [6.07, 6.45) is 0.391. The Morgan fingerprint density at radius 3 is 2.54 bits per heavy atom. The second kappa shape index (κ2) is 6.41. The number of carbonyl (C=O) groups excluding carboxylic acids is 1. The molecule has 5 heteroatoms. The Hall–Kier alpha value is -2.95. The van der Waals surface area contributed by atoms with Crippen molar-refractivity contribution in [1.82, 2.24) is 10.1 Å². The molecule has 3 aromatic rings. The second-order valence-electron chi connectivity index (χ2n) is 7.08. The zero-order valence-corrected chi connectivity index (χ0v) is 15.2. The van der Waals surface area contributed by atoms with Crippen LogP contribution in [0.1, 0.15) is 34.9 Å². The van der Waals surface area contributed by atoms with E-state index in [0.29, 0.717) is 24.7 Å². The molecule has 1 amide bonds. The summed E-state index contributed by atoms with van der Waals surface area (Å²) >= 11 is 0. The molecule has 1 aliphatic heterocycles. The Labute approximate surface area is 152 Å². The van der Waals surface area contributed by atoms with Gasteiger partial charge < -0.3 is 9.42 Å². The predicted octanol–water partition coefficient (Wildman–Crippen LogP) is 4.18. The number of hydrogen-bond donors (Lipinski definition) is 0. The number of anilines is 1. The molecule has 0 saturated carbocycles. The maximum atomic E-state index is 12.5. The van der Waals surface area contributed by atoms with Gasteiger partial charge in [-0.15, -0.1) is 0 Å². The van der Waals surface area contributed by atoms with Gasteiger partial charge in [0, 0.05) is 24.2 Å². The van der Waals surface area contributed by atoms with Crippen LogP contribution in [0, 0.1) is 20.8 Å². The lowest BCUT2D eigenvalue weighted by molar-refractivity contribution is -0.117. The number of carbonyl (C=O) groups is 1. The summed E-state index contributed by atoms with van der Waals surface area (Å²) in [6.45, 7) is 6.68. The van der Waals surface area contributed by atoms with Gasteiger partial charge in [0.1, 0.15) is 0 Å². The minimum Gasteiger partial charge on any atom is -0.339 e. The lowest BCUT2D eigenvalue weighted by Crippen LogP contribution is -2.24. The molecule has 26 heavy (non-hydrogen) atoms. The van der Waals surface area contributed by atoms with Gasteiger partial charge in [-0.05, 0) is 50.1 Å². The monoisotopic (exact) mass is 347 g/mol. The highest BCUT2D eigenvalue weighted by Gasteiger charge is 2.35. The van der Waals surface area contributed by atoms with Crippen molar-refractivity contribution in [3.63, 3.8) is 0 Å². The van der Waals surface area contributed by atoms with Gasteiger partial charge in [0.2, 0.25) is 17.6 Å². The number of aromatic nitrogens is 2. The Morgan fingerprint density at radius 2 is 1.81 bits per heavy atom. The average Bonchev–Trinajstić information content (AvgIpc) is 3.20. The molecule has 1 saturated heterocycles. The summed E-state index contributed by atoms with van der Waals surface area (Å²) in [6, 6.07) is 14.2. The second-order valence-corrected chi connectivity index (χ2v) is 7.08. The molecule has 2 heterocycles. The van der Waals surface area contributed by atoms with E-state index >= 15 is 0 Å². The highest BCUT2D eigenvalue weighted by molar-refractivity contribution is 5.96. The smallest absolute Gasteiger partial charge is 0.232 e. The van der Waals surface area contributed by atoms with E-state index in [-0.39, 0.29) is 11.8 Å². The van der Waals surface area contributed by atoms with Crippen molar-refractivity contribution in [3.05, 3.63) is 65.0 Å². The molecule has 1 atom stereocenters. The van der Waals surface area contributed by atoms with Crippen molar-refractivity contribution in [2.24, 2.45) is 0 Å². The Bertz CT molecular complexity index is 957. The molecule has 1 aliphatic rings. The summed E-state index contributed by atoms with van der Waals surface area (Å²) in [7, 11) is 0. The van der Waals surface area contributed by atoms with Crippen LogP contribution in [0.3, 0.4) is 0 Å². The van der Waals surface area contributed by atoms with Gasteiger partial charge >= 0.3 is 0 Å². The summed E-state index contributed by atoms with van der Waals surface area (Å²) in [4.78, 5) is 18.9. The van der Waals surface area contributed by atoms with Crippen LogP contribution in [0.25, 0.3) is 11.4 Å². The van der Waals surface area contributed by atoms with Gasteiger partial charge in [-0.2, -0.15) is 4.98 Å². The van der Waals surface area contributed by atoms with Crippen molar-refractivity contribution in [3.8, 4) is 11.4 Å². The van der Waals surface area contributed by atoms with Crippen LogP contribution in [0.2, 0.25) is 0 Å². The zero-order valence-electron chi connectivity index (χ0n) is 15.2. The molecule has 0 bridgehead atoms. The first-order valence-corrected chi connectivity index (χ1v) is 8.79. The van der Waals surface area contributed by atoms with Crippen LogP contribution in [0.4, 0.5) is 5.69 Å². The Kier molecular flexibility index (Phi) is 4.07. The van der Waals surface area contributed by atoms with Crippen LogP contribution >= 0.6 is 0 Å². The molecule has 1 aromatic heterocycles. The van der Waals surface area contributed by atoms with Gasteiger partial charge in [-0.25, -0.2) is 0 Å². The number of rotatable bonds is 3. The van der Waals surface area contributed by atoms with Gasteiger partial charge in [0.15, 0.2) is 0 Å². The third-order valence-corrected chi connectivity index (χ3v) is 4.71. The minimum atomic E-state index is -0.0747. The molecule has 0 radical (unpaired) electrons. The van der Waals surface area contributed by atoms with Crippen LogP contribution < -0.4 is 4.90 Å². The molecule has 1 fully saturated rings. The number of hydrogen-bond acceptors (Lipinski definition) is 4. The van der Waals surface area contributed by atoms with Gasteiger partial charge in [-0.1, -0.05) is 35.0 Å². The summed E-state index contributed by atoms with van der Waals surface area (Å²) in [5.74, 6) is 1.12. The molecule has 132 valence electrons. The van der Waals surface area contributed by atoms with E-state index in [1.165, 1.54) is 0 Å². The first kappa shape index (κ1) is 16.5. The van der Waals surface area contributed by atoms with Crippen LogP contribution in [0.15, 0.2) is 47.0 Å². The molecule has 4 rings (SSSR count). The largest absolute Gasteiger partial charge is 0.339 e. The maximum absolute atomic E-state index is 12.5. The summed E-state index contributed by atoms with van der Waals surface area (Å²) in [5, 5.41) is 4.11.